The second-order valence-electron chi connectivity index (χ2n) is 6.10. The van der Waals surface area contributed by atoms with E-state index in [9.17, 15) is 4.79 Å². The molecule has 2 atom stereocenters. The summed E-state index contributed by atoms with van der Waals surface area (Å²) in [5.41, 5.74) is 2.20. The summed E-state index contributed by atoms with van der Waals surface area (Å²) in [5.74, 6) is 0.166. The third-order valence-corrected chi connectivity index (χ3v) is 5.58. The van der Waals surface area contributed by atoms with Crippen LogP contribution in [0.3, 0.4) is 0 Å². The van der Waals surface area contributed by atoms with E-state index in [4.69, 9.17) is 16.9 Å². The van der Waals surface area contributed by atoms with Gasteiger partial charge in [0.2, 0.25) is 0 Å². The van der Waals surface area contributed by atoms with Crippen LogP contribution in [0.4, 0.5) is 0 Å². The summed E-state index contributed by atoms with van der Waals surface area (Å²) in [4.78, 5) is 19.0. The SMILES string of the molecule is Cc1sc2nc(Cc3nn(C)cc3Cl)cc(=O)n2c1C1CC1C#N. The first-order chi connectivity index (χ1) is 11.5. The lowest BCUT2D eigenvalue weighted by Gasteiger charge is -2.02. The van der Waals surface area contributed by atoms with Gasteiger partial charge in [-0.25, -0.2) is 4.98 Å². The predicted octanol–water partition coefficient (Wildman–Crippen LogP) is 2.67. The maximum absolute atomic E-state index is 12.6. The number of hydrogen-bond acceptors (Lipinski definition) is 5. The lowest BCUT2D eigenvalue weighted by Crippen LogP contribution is -2.16. The van der Waals surface area contributed by atoms with Gasteiger partial charge in [0.1, 0.15) is 0 Å². The van der Waals surface area contributed by atoms with E-state index in [1.54, 1.807) is 22.3 Å². The number of aryl methyl sites for hydroxylation is 2. The van der Waals surface area contributed by atoms with E-state index in [1.165, 1.54) is 17.4 Å². The highest BCUT2D eigenvalue weighted by Gasteiger charge is 2.42. The Morgan fingerprint density at radius 1 is 1.54 bits per heavy atom. The average molecular weight is 360 g/mol. The summed E-state index contributed by atoms with van der Waals surface area (Å²) in [6.45, 7) is 1.98. The van der Waals surface area contributed by atoms with Crippen molar-refractivity contribution < 1.29 is 0 Å². The largest absolute Gasteiger partial charge is 0.274 e. The van der Waals surface area contributed by atoms with Crippen LogP contribution < -0.4 is 5.56 Å². The normalized spacial score (nSPS) is 19.6. The molecule has 2 unspecified atom stereocenters. The molecule has 8 heteroatoms. The highest BCUT2D eigenvalue weighted by Crippen LogP contribution is 2.48. The molecule has 4 rings (SSSR count). The number of halogens is 1. The van der Waals surface area contributed by atoms with Gasteiger partial charge in [0, 0.05) is 42.2 Å². The Balaban J connectivity index is 1.78. The fourth-order valence-electron chi connectivity index (χ4n) is 3.10. The van der Waals surface area contributed by atoms with Gasteiger partial charge in [0.25, 0.3) is 5.56 Å². The molecule has 0 saturated heterocycles. The second-order valence-corrected chi connectivity index (χ2v) is 7.69. The molecule has 0 aromatic carbocycles. The van der Waals surface area contributed by atoms with Crippen LogP contribution in [0.1, 0.15) is 34.3 Å². The molecule has 6 nitrogen and oxygen atoms in total. The van der Waals surface area contributed by atoms with Crippen LogP contribution in [0.2, 0.25) is 5.02 Å². The molecule has 3 aromatic rings. The van der Waals surface area contributed by atoms with Crippen molar-refractivity contribution in [2.45, 2.75) is 25.7 Å². The van der Waals surface area contributed by atoms with E-state index in [1.807, 2.05) is 6.92 Å². The molecule has 0 amide bonds. The number of aromatic nitrogens is 4. The van der Waals surface area contributed by atoms with E-state index in [0.717, 1.165) is 17.0 Å². The highest BCUT2D eigenvalue weighted by atomic mass is 35.5. The van der Waals surface area contributed by atoms with Crippen LogP contribution in [0, 0.1) is 24.2 Å². The van der Waals surface area contributed by atoms with Gasteiger partial charge in [-0.05, 0) is 13.3 Å². The van der Waals surface area contributed by atoms with Gasteiger partial charge in [0.15, 0.2) is 4.96 Å². The summed E-state index contributed by atoms with van der Waals surface area (Å²) >= 11 is 7.63. The minimum atomic E-state index is -0.106. The third-order valence-electron chi connectivity index (χ3n) is 4.30. The van der Waals surface area contributed by atoms with Crippen LogP contribution in [-0.4, -0.2) is 19.2 Å². The van der Waals surface area contributed by atoms with Crippen LogP contribution in [0.15, 0.2) is 17.1 Å². The maximum atomic E-state index is 12.6. The van der Waals surface area contributed by atoms with Crippen molar-refractivity contribution in [3.63, 3.8) is 0 Å². The molecule has 0 N–H and O–H groups in total. The fraction of sp³-hybridized carbons (Fsp3) is 0.375. The van der Waals surface area contributed by atoms with E-state index in [2.05, 4.69) is 16.2 Å². The summed E-state index contributed by atoms with van der Waals surface area (Å²) in [6.07, 6.45) is 2.97. The lowest BCUT2D eigenvalue weighted by molar-refractivity contribution is 0.747. The molecule has 0 bridgehead atoms. The molecular formula is C16H14ClN5OS. The van der Waals surface area contributed by atoms with Crippen LogP contribution >= 0.6 is 22.9 Å². The van der Waals surface area contributed by atoms with Crippen molar-refractivity contribution >= 4 is 27.9 Å². The molecule has 0 radical (unpaired) electrons. The molecule has 122 valence electrons. The van der Waals surface area contributed by atoms with Crippen molar-refractivity contribution in [1.29, 1.82) is 5.26 Å². The van der Waals surface area contributed by atoms with Crippen LogP contribution in [0.5, 0.6) is 0 Å². The molecule has 1 saturated carbocycles. The molecule has 3 heterocycles. The Hall–Kier alpha value is -2.17. The van der Waals surface area contributed by atoms with Crippen molar-refractivity contribution in [2.24, 2.45) is 13.0 Å². The number of fused-ring (bicyclic) bond motifs is 1. The van der Waals surface area contributed by atoms with Crippen molar-refractivity contribution in [3.05, 3.63) is 49.6 Å². The number of hydrogen-bond donors (Lipinski definition) is 0. The van der Waals surface area contributed by atoms with Gasteiger partial charge in [-0.2, -0.15) is 10.4 Å². The van der Waals surface area contributed by atoms with Gasteiger partial charge in [-0.1, -0.05) is 11.6 Å². The number of nitrogens with zero attached hydrogens (tertiary/aromatic N) is 5. The average Bonchev–Trinajstić information content (AvgIpc) is 3.11. The molecule has 1 aliphatic rings. The fourth-order valence-corrected chi connectivity index (χ4v) is 4.41. The lowest BCUT2D eigenvalue weighted by atomic mass is 10.2. The first-order valence-corrected chi connectivity index (χ1v) is 8.77. The van der Waals surface area contributed by atoms with Crippen LogP contribution in [-0.2, 0) is 13.5 Å². The molecule has 1 aliphatic carbocycles. The molecule has 24 heavy (non-hydrogen) atoms. The van der Waals surface area contributed by atoms with Crippen molar-refractivity contribution in [2.75, 3.05) is 0 Å². The molecule has 1 fully saturated rings. The smallest absolute Gasteiger partial charge is 0.258 e. The number of rotatable bonds is 3. The van der Waals surface area contributed by atoms with E-state index in [-0.39, 0.29) is 17.4 Å². The summed E-state index contributed by atoms with van der Waals surface area (Å²) in [5, 5.41) is 13.9. The monoisotopic (exact) mass is 359 g/mol. The van der Waals surface area contributed by atoms with Gasteiger partial charge in [-0.15, -0.1) is 11.3 Å². The molecular weight excluding hydrogens is 346 g/mol. The first kappa shape index (κ1) is 15.4. The number of nitriles is 1. The Kier molecular flexibility index (Phi) is 3.48. The van der Waals surface area contributed by atoms with Gasteiger partial charge in [0.05, 0.1) is 28.4 Å². The van der Waals surface area contributed by atoms with E-state index < -0.39 is 0 Å². The molecule has 0 spiro atoms. The molecule has 3 aromatic heterocycles. The minimum Gasteiger partial charge on any atom is -0.274 e. The zero-order valence-electron chi connectivity index (χ0n) is 13.2. The number of thiazole rings is 1. The summed E-state index contributed by atoms with van der Waals surface area (Å²) in [6, 6.07) is 3.82. The Bertz CT molecular complexity index is 1060. The van der Waals surface area contributed by atoms with E-state index >= 15 is 0 Å². The third kappa shape index (κ3) is 2.43. The van der Waals surface area contributed by atoms with Crippen LogP contribution in [0.25, 0.3) is 4.96 Å². The van der Waals surface area contributed by atoms with E-state index in [0.29, 0.717) is 27.8 Å². The Labute approximate surface area is 146 Å². The summed E-state index contributed by atoms with van der Waals surface area (Å²) < 4.78 is 3.30. The zero-order chi connectivity index (χ0) is 17.0. The quantitative estimate of drug-likeness (QED) is 0.720. The minimum absolute atomic E-state index is 0.0143. The molecule has 0 aliphatic heterocycles. The Morgan fingerprint density at radius 3 is 2.96 bits per heavy atom. The zero-order valence-corrected chi connectivity index (χ0v) is 14.7. The summed E-state index contributed by atoms with van der Waals surface area (Å²) in [7, 11) is 1.80. The second kappa shape index (κ2) is 5.43. The van der Waals surface area contributed by atoms with Gasteiger partial charge < -0.3 is 0 Å². The first-order valence-electron chi connectivity index (χ1n) is 7.57. The van der Waals surface area contributed by atoms with Gasteiger partial charge >= 0.3 is 0 Å². The maximum Gasteiger partial charge on any atom is 0.258 e. The van der Waals surface area contributed by atoms with Crippen molar-refractivity contribution in [3.8, 4) is 6.07 Å². The van der Waals surface area contributed by atoms with Crippen molar-refractivity contribution in [1.82, 2.24) is 19.2 Å². The standard InChI is InChI=1S/C16H14ClN5OS/c1-8-15(11-3-9(11)6-18)22-14(23)5-10(19-16(22)24-8)4-13-12(17)7-21(2)20-13/h5,7,9,11H,3-4H2,1-2H3. The predicted molar refractivity (Wildman–Crippen MR) is 91.6 cm³/mol. The topological polar surface area (TPSA) is 76.0 Å². The highest BCUT2D eigenvalue weighted by molar-refractivity contribution is 7.17. The Morgan fingerprint density at radius 2 is 2.33 bits per heavy atom. The van der Waals surface area contributed by atoms with Gasteiger partial charge in [-0.3, -0.25) is 13.9 Å².